The van der Waals surface area contributed by atoms with Gasteiger partial charge in [0.25, 0.3) is 0 Å². The zero-order chi connectivity index (χ0) is 31.8. The molecule has 1 unspecified atom stereocenters. The molecule has 9 nitrogen and oxygen atoms in total. The minimum Gasteiger partial charge on any atom is -0.457 e. The fraction of sp³-hybridized carbons (Fsp3) is 0.647. The molecule has 2 saturated heterocycles. The highest BCUT2D eigenvalue weighted by Crippen LogP contribution is 2.28. The van der Waals surface area contributed by atoms with Crippen LogP contribution in [0.5, 0.6) is 0 Å². The first kappa shape index (κ1) is 33.9. The first-order chi connectivity index (χ1) is 21.0. The SMILES string of the molecule is C/C(=C\c1cc(F)cc(N2CCOCC2)c1)[C@H]1OC(=O)C[C@H](O)CC[C@H](C)[C@@H](OC(=O)N(C)C2CCCN(C)C2)/C=C/[C@@H]1C. The van der Waals surface area contributed by atoms with Crippen LogP contribution in [0.4, 0.5) is 14.9 Å². The quantitative estimate of drug-likeness (QED) is 0.370. The lowest BCUT2D eigenvalue weighted by Crippen LogP contribution is -2.48. The molecule has 244 valence electrons. The van der Waals surface area contributed by atoms with Crippen LogP contribution in [-0.4, -0.2) is 105 Å². The van der Waals surface area contributed by atoms with Gasteiger partial charge in [0.1, 0.15) is 18.0 Å². The number of aliphatic hydroxyl groups is 1. The summed E-state index contributed by atoms with van der Waals surface area (Å²) in [6.07, 6.45) is 6.04. The molecule has 1 aromatic carbocycles. The van der Waals surface area contributed by atoms with Gasteiger partial charge >= 0.3 is 12.1 Å². The Labute approximate surface area is 261 Å². The Morgan fingerprint density at radius 3 is 2.59 bits per heavy atom. The Balaban J connectivity index is 1.55. The van der Waals surface area contributed by atoms with Crippen LogP contribution in [0.2, 0.25) is 0 Å². The molecule has 6 atom stereocenters. The summed E-state index contributed by atoms with van der Waals surface area (Å²) in [6, 6.07) is 5.01. The van der Waals surface area contributed by atoms with E-state index in [0.717, 1.165) is 37.2 Å². The van der Waals surface area contributed by atoms with Gasteiger partial charge in [-0.15, -0.1) is 0 Å². The highest BCUT2D eigenvalue weighted by atomic mass is 19.1. The third-order valence-corrected chi connectivity index (χ3v) is 9.06. The Kier molecular flexibility index (Phi) is 12.2. The van der Waals surface area contributed by atoms with Crippen LogP contribution in [0.25, 0.3) is 6.08 Å². The van der Waals surface area contributed by atoms with Crippen LogP contribution in [-0.2, 0) is 19.0 Å². The molecule has 0 spiro atoms. The molecule has 1 N–H and O–H groups in total. The fourth-order valence-corrected chi connectivity index (χ4v) is 6.28. The summed E-state index contributed by atoms with van der Waals surface area (Å²) < 4.78 is 32.1. The first-order valence-electron chi connectivity index (χ1n) is 16.0. The van der Waals surface area contributed by atoms with E-state index in [-0.39, 0.29) is 36.2 Å². The maximum atomic E-state index is 14.7. The summed E-state index contributed by atoms with van der Waals surface area (Å²) in [5.41, 5.74) is 2.19. The Morgan fingerprint density at radius 2 is 1.86 bits per heavy atom. The average molecular weight is 616 g/mol. The van der Waals surface area contributed by atoms with Gasteiger partial charge in [-0.2, -0.15) is 0 Å². The van der Waals surface area contributed by atoms with Gasteiger partial charge in [-0.3, -0.25) is 4.79 Å². The monoisotopic (exact) mass is 615 g/mol. The third-order valence-electron chi connectivity index (χ3n) is 9.06. The molecule has 44 heavy (non-hydrogen) atoms. The summed E-state index contributed by atoms with van der Waals surface area (Å²) in [5.74, 6) is -1.18. The second-order valence-corrected chi connectivity index (χ2v) is 12.8. The van der Waals surface area contributed by atoms with Crippen LogP contribution >= 0.6 is 0 Å². The Hall–Kier alpha value is -2.95. The molecule has 0 radical (unpaired) electrons. The number of ether oxygens (including phenoxy) is 3. The van der Waals surface area contributed by atoms with Crippen LogP contribution < -0.4 is 4.90 Å². The number of hydrogen-bond donors (Lipinski definition) is 1. The van der Waals surface area contributed by atoms with Gasteiger partial charge in [-0.25, -0.2) is 9.18 Å². The summed E-state index contributed by atoms with van der Waals surface area (Å²) >= 11 is 0. The van der Waals surface area contributed by atoms with Gasteiger partial charge in [-0.05, 0) is 87.5 Å². The van der Waals surface area contributed by atoms with Crippen molar-refractivity contribution in [2.24, 2.45) is 11.8 Å². The molecule has 10 heteroatoms. The number of rotatable bonds is 5. The molecule has 0 bridgehead atoms. The number of piperidine rings is 1. The van der Waals surface area contributed by atoms with Crippen molar-refractivity contribution in [2.75, 3.05) is 58.4 Å². The van der Waals surface area contributed by atoms with Crippen molar-refractivity contribution >= 4 is 23.8 Å². The number of benzene rings is 1. The number of likely N-dealkylation sites (tertiary alicyclic amines) is 1. The van der Waals surface area contributed by atoms with Crippen LogP contribution in [0.3, 0.4) is 0 Å². The van der Waals surface area contributed by atoms with Gasteiger partial charge in [0, 0.05) is 44.3 Å². The van der Waals surface area contributed by atoms with Gasteiger partial charge in [0.15, 0.2) is 0 Å². The van der Waals surface area contributed by atoms with E-state index in [1.54, 1.807) is 11.9 Å². The Morgan fingerprint density at radius 1 is 1.11 bits per heavy atom. The van der Waals surface area contributed by atoms with E-state index in [2.05, 4.69) is 16.8 Å². The number of carbonyl (C=O) groups is 2. The fourth-order valence-electron chi connectivity index (χ4n) is 6.28. The molecule has 3 heterocycles. The van der Waals surface area contributed by atoms with Gasteiger partial charge in [0.2, 0.25) is 0 Å². The summed E-state index contributed by atoms with van der Waals surface area (Å²) in [7, 11) is 3.86. The minimum atomic E-state index is -0.871. The van der Waals surface area contributed by atoms with Crippen molar-refractivity contribution in [2.45, 2.75) is 77.2 Å². The van der Waals surface area contributed by atoms with Crippen LogP contribution in [0, 0.1) is 17.7 Å². The van der Waals surface area contributed by atoms with Crippen molar-refractivity contribution in [1.82, 2.24) is 9.80 Å². The summed E-state index contributed by atoms with van der Waals surface area (Å²) in [5, 5.41) is 10.6. The lowest BCUT2D eigenvalue weighted by molar-refractivity contribution is -0.151. The smallest absolute Gasteiger partial charge is 0.410 e. The van der Waals surface area contributed by atoms with Crippen molar-refractivity contribution in [3.05, 3.63) is 47.3 Å². The molecule has 3 aliphatic heterocycles. The van der Waals surface area contributed by atoms with Crippen LogP contribution in [0.15, 0.2) is 35.9 Å². The molecule has 2 fully saturated rings. The van der Waals surface area contributed by atoms with E-state index in [1.807, 2.05) is 45.1 Å². The molecule has 1 aromatic rings. The highest BCUT2D eigenvalue weighted by molar-refractivity contribution is 5.71. The predicted octanol–water partition coefficient (Wildman–Crippen LogP) is 4.88. The minimum absolute atomic E-state index is 0.0732. The number of halogens is 1. The standard InChI is InChI=1S/C34H50FN3O6/c1-23-8-10-30(39)21-32(40)44-33(25(3)17-26-18-27(35)20-29(19-26)38-13-15-42-16-14-38)24(2)9-11-31(23)43-34(41)37(5)28-7-6-12-36(4)22-28/h9,11,17-20,23-24,28,30-31,33,39H,6-8,10,12-16,21-22H2,1-5H3/b11-9+,25-17+/t23-,24-,28?,30+,31-,33-/m0/s1. The van der Waals surface area contributed by atoms with Crippen molar-refractivity contribution < 1.29 is 33.3 Å². The highest BCUT2D eigenvalue weighted by Gasteiger charge is 2.30. The second kappa shape index (κ2) is 15.9. The molecule has 0 aromatic heterocycles. The van der Waals surface area contributed by atoms with E-state index in [1.165, 1.54) is 12.1 Å². The molecular weight excluding hydrogens is 565 g/mol. The van der Waals surface area contributed by atoms with Gasteiger partial charge in [0.05, 0.1) is 25.7 Å². The Bertz CT molecular complexity index is 1190. The normalized spacial score (nSPS) is 30.5. The predicted molar refractivity (Wildman–Crippen MR) is 169 cm³/mol. The molecule has 0 aliphatic carbocycles. The maximum Gasteiger partial charge on any atom is 0.410 e. The first-order valence-corrected chi connectivity index (χ1v) is 16.0. The molecule has 4 rings (SSSR count). The van der Waals surface area contributed by atoms with Crippen LogP contribution in [0.1, 0.15) is 58.4 Å². The molecular formula is C34H50FN3O6. The number of likely N-dealkylation sites (N-methyl/N-ethyl adjacent to an activating group) is 2. The second-order valence-electron chi connectivity index (χ2n) is 12.8. The number of hydrogen-bond acceptors (Lipinski definition) is 8. The number of nitrogens with zero attached hydrogens (tertiary/aromatic N) is 3. The number of carbonyl (C=O) groups excluding carboxylic acids is 2. The molecule has 3 aliphatic rings. The topological polar surface area (TPSA) is 91.8 Å². The summed E-state index contributed by atoms with van der Waals surface area (Å²) in [4.78, 5) is 32.2. The zero-order valence-corrected chi connectivity index (χ0v) is 26.9. The number of cyclic esters (lactones) is 1. The average Bonchev–Trinajstić information content (AvgIpc) is 2.99. The van der Waals surface area contributed by atoms with Gasteiger partial charge in [-0.1, -0.05) is 26.0 Å². The number of esters is 1. The largest absolute Gasteiger partial charge is 0.457 e. The molecule has 0 saturated carbocycles. The number of anilines is 1. The van der Waals surface area contributed by atoms with Crippen molar-refractivity contribution in [3.8, 4) is 0 Å². The molecule has 1 amide bonds. The number of morpholine rings is 1. The van der Waals surface area contributed by atoms with E-state index >= 15 is 0 Å². The van der Waals surface area contributed by atoms with E-state index in [9.17, 15) is 19.1 Å². The third kappa shape index (κ3) is 9.52. The van der Waals surface area contributed by atoms with E-state index in [0.29, 0.717) is 44.7 Å². The van der Waals surface area contributed by atoms with E-state index < -0.39 is 24.3 Å². The maximum absolute atomic E-state index is 14.7. The summed E-state index contributed by atoms with van der Waals surface area (Å²) in [6.45, 7) is 10.2. The lowest BCUT2D eigenvalue weighted by Gasteiger charge is -2.36. The van der Waals surface area contributed by atoms with E-state index in [4.69, 9.17) is 14.2 Å². The van der Waals surface area contributed by atoms with Gasteiger partial charge < -0.3 is 34.0 Å². The zero-order valence-electron chi connectivity index (χ0n) is 26.9. The van der Waals surface area contributed by atoms with Crippen molar-refractivity contribution in [1.29, 1.82) is 0 Å². The van der Waals surface area contributed by atoms with Crippen molar-refractivity contribution in [3.63, 3.8) is 0 Å². The number of amides is 1. The lowest BCUT2D eigenvalue weighted by atomic mass is 9.91. The number of aliphatic hydroxyl groups excluding tert-OH is 1.